The third-order valence-electron chi connectivity index (χ3n) is 6.26. The van der Waals surface area contributed by atoms with E-state index in [0.717, 1.165) is 16.7 Å². The first kappa shape index (κ1) is 23.0. The lowest BCUT2D eigenvalue weighted by Crippen LogP contribution is -2.40. The van der Waals surface area contributed by atoms with Gasteiger partial charge in [0.15, 0.2) is 0 Å². The number of aromatic nitrogens is 2. The van der Waals surface area contributed by atoms with Crippen molar-refractivity contribution in [2.24, 2.45) is 0 Å². The smallest absolute Gasteiger partial charge is 0.322 e. The normalized spacial score (nSPS) is 16.9. The predicted molar refractivity (Wildman–Crippen MR) is 136 cm³/mol. The summed E-state index contributed by atoms with van der Waals surface area (Å²) in [7, 11) is 0. The van der Waals surface area contributed by atoms with Gasteiger partial charge in [0.1, 0.15) is 11.2 Å². The van der Waals surface area contributed by atoms with Gasteiger partial charge >= 0.3 is 6.03 Å². The number of nitrogens with one attached hydrogen (secondary N) is 3. The van der Waals surface area contributed by atoms with Crippen LogP contribution in [0.4, 0.5) is 10.5 Å². The molecule has 3 N–H and O–H groups in total. The van der Waals surface area contributed by atoms with E-state index in [1.54, 1.807) is 42.1 Å². The molecule has 180 valence electrons. The van der Waals surface area contributed by atoms with Gasteiger partial charge in [0.25, 0.3) is 11.8 Å². The quantitative estimate of drug-likeness (QED) is 0.360. The molecule has 0 saturated carbocycles. The summed E-state index contributed by atoms with van der Waals surface area (Å²) < 4.78 is 1.76. The van der Waals surface area contributed by atoms with Crippen molar-refractivity contribution in [1.82, 2.24) is 20.4 Å². The summed E-state index contributed by atoms with van der Waals surface area (Å²) in [5.74, 6) is -0.771. The minimum Gasteiger partial charge on any atom is -0.322 e. The first-order chi connectivity index (χ1) is 17.3. The van der Waals surface area contributed by atoms with Crippen molar-refractivity contribution in [2.75, 3.05) is 5.32 Å². The second kappa shape index (κ2) is 9.14. The van der Waals surface area contributed by atoms with Gasteiger partial charge in [0.2, 0.25) is 0 Å². The molecule has 8 heteroatoms. The first-order valence-corrected chi connectivity index (χ1v) is 11.6. The first-order valence-electron chi connectivity index (χ1n) is 11.6. The van der Waals surface area contributed by atoms with Crippen LogP contribution >= 0.6 is 0 Å². The second-order valence-corrected chi connectivity index (χ2v) is 9.01. The summed E-state index contributed by atoms with van der Waals surface area (Å²) in [6.45, 7) is 4.15. The number of carbonyl (C=O) groups is 3. The van der Waals surface area contributed by atoms with Crippen molar-refractivity contribution < 1.29 is 14.4 Å². The SMILES string of the molecule is Cc1ccc(-c2nn(Cc3ccccc3)cc2C(=O)Nc2cccc(C3(C)NC(=O)NC3=O)c2)cc1. The Balaban J connectivity index is 1.46. The van der Waals surface area contributed by atoms with Gasteiger partial charge in [0.05, 0.1) is 12.1 Å². The van der Waals surface area contributed by atoms with Crippen LogP contribution in [0, 0.1) is 6.92 Å². The van der Waals surface area contributed by atoms with E-state index in [1.165, 1.54) is 0 Å². The molecule has 0 radical (unpaired) electrons. The zero-order valence-electron chi connectivity index (χ0n) is 19.9. The molecule has 1 fully saturated rings. The molecule has 0 spiro atoms. The van der Waals surface area contributed by atoms with E-state index in [4.69, 9.17) is 5.10 Å². The number of amides is 4. The summed E-state index contributed by atoms with van der Waals surface area (Å²) in [6.07, 6.45) is 1.74. The van der Waals surface area contributed by atoms with Gasteiger partial charge < -0.3 is 10.6 Å². The van der Waals surface area contributed by atoms with E-state index >= 15 is 0 Å². The van der Waals surface area contributed by atoms with Crippen molar-refractivity contribution >= 4 is 23.5 Å². The molecule has 2 heterocycles. The highest BCUT2D eigenvalue weighted by Gasteiger charge is 2.43. The molecular formula is C28H25N5O3. The van der Waals surface area contributed by atoms with Crippen LogP contribution in [-0.4, -0.2) is 27.6 Å². The van der Waals surface area contributed by atoms with Crippen LogP contribution in [0.2, 0.25) is 0 Å². The maximum atomic E-state index is 13.5. The third-order valence-corrected chi connectivity index (χ3v) is 6.26. The van der Waals surface area contributed by atoms with Crippen LogP contribution in [0.25, 0.3) is 11.3 Å². The van der Waals surface area contributed by atoms with E-state index < -0.39 is 17.5 Å². The molecular weight excluding hydrogens is 454 g/mol. The van der Waals surface area contributed by atoms with Gasteiger partial charge in [0, 0.05) is 17.4 Å². The molecule has 3 aromatic carbocycles. The molecule has 4 amide bonds. The fourth-order valence-corrected chi connectivity index (χ4v) is 4.22. The summed E-state index contributed by atoms with van der Waals surface area (Å²) in [5.41, 5.74) is 3.87. The summed E-state index contributed by atoms with van der Waals surface area (Å²) >= 11 is 0. The average Bonchev–Trinajstić information content (AvgIpc) is 3.40. The Morgan fingerprint density at radius 1 is 1.00 bits per heavy atom. The highest BCUT2D eigenvalue weighted by Crippen LogP contribution is 2.28. The van der Waals surface area contributed by atoms with Crippen LogP contribution < -0.4 is 16.0 Å². The van der Waals surface area contributed by atoms with Gasteiger partial charge in [-0.2, -0.15) is 5.10 Å². The minimum atomic E-state index is -1.22. The molecule has 36 heavy (non-hydrogen) atoms. The lowest BCUT2D eigenvalue weighted by atomic mass is 9.92. The molecule has 8 nitrogen and oxygen atoms in total. The maximum Gasteiger partial charge on any atom is 0.322 e. The highest BCUT2D eigenvalue weighted by atomic mass is 16.2. The van der Waals surface area contributed by atoms with Gasteiger partial charge in [-0.15, -0.1) is 0 Å². The lowest BCUT2D eigenvalue weighted by molar-refractivity contribution is -0.123. The van der Waals surface area contributed by atoms with Crippen molar-refractivity contribution in [3.63, 3.8) is 0 Å². The van der Waals surface area contributed by atoms with Crippen molar-refractivity contribution in [2.45, 2.75) is 25.9 Å². The zero-order valence-corrected chi connectivity index (χ0v) is 19.9. The fraction of sp³-hybridized carbons (Fsp3) is 0.143. The number of nitrogens with zero attached hydrogens (tertiary/aromatic N) is 2. The van der Waals surface area contributed by atoms with Gasteiger partial charge in [-0.3, -0.25) is 19.6 Å². The molecule has 1 aromatic heterocycles. The van der Waals surface area contributed by atoms with E-state index in [0.29, 0.717) is 29.1 Å². The summed E-state index contributed by atoms with van der Waals surface area (Å²) in [6, 6.07) is 24.1. The van der Waals surface area contributed by atoms with E-state index in [2.05, 4.69) is 16.0 Å². The van der Waals surface area contributed by atoms with Crippen LogP contribution in [0.15, 0.2) is 85.1 Å². The Morgan fingerprint density at radius 3 is 2.44 bits per heavy atom. The molecule has 1 saturated heterocycles. The monoisotopic (exact) mass is 479 g/mol. The van der Waals surface area contributed by atoms with Gasteiger partial charge in [-0.1, -0.05) is 72.3 Å². The molecule has 0 bridgehead atoms. The highest BCUT2D eigenvalue weighted by molar-refractivity contribution is 6.09. The second-order valence-electron chi connectivity index (χ2n) is 9.01. The van der Waals surface area contributed by atoms with Crippen LogP contribution in [-0.2, 0) is 16.9 Å². The average molecular weight is 480 g/mol. The Kier molecular flexibility index (Phi) is 5.85. The Bertz CT molecular complexity index is 1460. The van der Waals surface area contributed by atoms with Crippen molar-refractivity contribution in [3.05, 3.63) is 107 Å². The molecule has 1 unspecified atom stereocenters. The van der Waals surface area contributed by atoms with Crippen LogP contribution in [0.3, 0.4) is 0 Å². The Hall–Kier alpha value is -4.72. The Labute approximate surface area is 208 Å². The number of hydrogen-bond acceptors (Lipinski definition) is 4. The number of anilines is 1. The molecule has 5 rings (SSSR count). The maximum absolute atomic E-state index is 13.5. The summed E-state index contributed by atoms with van der Waals surface area (Å²) in [5, 5.41) is 12.6. The largest absolute Gasteiger partial charge is 0.322 e. The number of carbonyl (C=O) groups excluding carboxylic acids is 3. The van der Waals surface area contributed by atoms with Crippen LogP contribution in [0.5, 0.6) is 0 Å². The van der Waals surface area contributed by atoms with Crippen molar-refractivity contribution in [3.8, 4) is 11.3 Å². The summed E-state index contributed by atoms with van der Waals surface area (Å²) in [4.78, 5) is 37.5. The third kappa shape index (κ3) is 4.48. The fourth-order valence-electron chi connectivity index (χ4n) is 4.22. The molecule has 0 aliphatic carbocycles. The number of aryl methyl sites for hydroxylation is 1. The molecule has 4 aromatic rings. The number of benzene rings is 3. The minimum absolute atomic E-state index is 0.327. The van der Waals surface area contributed by atoms with Gasteiger partial charge in [-0.25, -0.2) is 4.79 Å². The molecule has 1 aliphatic heterocycles. The number of urea groups is 1. The molecule has 1 aliphatic rings. The standard InChI is InChI=1S/C28H25N5O3/c1-18-11-13-20(14-12-18)24-23(17-33(32-24)16-19-7-4-3-5-8-19)25(34)29-22-10-6-9-21(15-22)28(2)26(35)30-27(36)31-28/h3-15,17H,16H2,1-2H3,(H,29,34)(H2,30,31,35,36). The lowest BCUT2D eigenvalue weighted by Gasteiger charge is -2.21. The number of rotatable bonds is 6. The number of hydrogen-bond donors (Lipinski definition) is 3. The Morgan fingerprint density at radius 2 is 1.75 bits per heavy atom. The topological polar surface area (TPSA) is 105 Å². The predicted octanol–water partition coefficient (Wildman–Crippen LogP) is 4.21. The van der Waals surface area contributed by atoms with Gasteiger partial charge in [-0.05, 0) is 37.1 Å². The molecule has 1 atom stereocenters. The van der Waals surface area contributed by atoms with E-state index in [9.17, 15) is 14.4 Å². The van der Waals surface area contributed by atoms with E-state index in [-0.39, 0.29) is 5.91 Å². The van der Waals surface area contributed by atoms with Crippen LogP contribution in [0.1, 0.15) is 34.0 Å². The number of imide groups is 1. The zero-order chi connectivity index (χ0) is 25.3. The van der Waals surface area contributed by atoms with E-state index in [1.807, 2.05) is 61.5 Å². The van der Waals surface area contributed by atoms with Crippen molar-refractivity contribution in [1.29, 1.82) is 0 Å².